The number of hydrogen-bond acceptors (Lipinski definition) is 5. The lowest BCUT2D eigenvalue weighted by Gasteiger charge is -2.38. The van der Waals surface area contributed by atoms with Crippen molar-refractivity contribution in [2.75, 3.05) is 24.5 Å². The van der Waals surface area contributed by atoms with Crippen LogP contribution < -0.4 is 9.64 Å². The molecule has 2 heterocycles. The topological polar surface area (TPSA) is 78.8 Å². The molecule has 1 unspecified atom stereocenters. The van der Waals surface area contributed by atoms with E-state index >= 15 is 0 Å². The summed E-state index contributed by atoms with van der Waals surface area (Å²) in [5.41, 5.74) is 0.262. The molecular weight excluding hydrogens is 382 g/mol. The Kier molecular flexibility index (Phi) is 5.59. The van der Waals surface area contributed by atoms with Crippen LogP contribution in [0, 0.1) is 11.6 Å². The lowest BCUT2D eigenvalue weighted by molar-refractivity contribution is 0.122. The molecular formula is C17H17ClF2N4O3. The number of aromatic nitrogens is 2. The Balaban J connectivity index is 1.72. The van der Waals surface area contributed by atoms with Crippen LogP contribution in [0.4, 0.5) is 19.4 Å². The third-order valence-electron chi connectivity index (χ3n) is 4.25. The van der Waals surface area contributed by atoms with Crippen molar-refractivity contribution in [1.29, 1.82) is 0 Å². The van der Waals surface area contributed by atoms with E-state index in [9.17, 15) is 13.6 Å². The summed E-state index contributed by atoms with van der Waals surface area (Å²) in [6, 6.07) is 3.76. The van der Waals surface area contributed by atoms with Gasteiger partial charge in [-0.1, -0.05) is 17.7 Å². The molecule has 1 N–H and O–H groups in total. The first kappa shape index (κ1) is 19.1. The highest BCUT2D eigenvalue weighted by atomic mass is 35.5. The maximum Gasteiger partial charge on any atom is 0.407 e. The summed E-state index contributed by atoms with van der Waals surface area (Å²) in [7, 11) is 0. The maximum absolute atomic E-state index is 14.2. The van der Waals surface area contributed by atoms with Gasteiger partial charge in [0.1, 0.15) is 12.4 Å². The van der Waals surface area contributed by atoms with E-state index in [1.165, 1.54) is 23.1 Å². The van der Waals surface area contributed by atoms with Crippen LogP contribution in [0.2, 0.25) is 5.02 Å². The van der Waals surface area contributed by atoms with Gasteiger partial charge >= 0.3 is 12.1 Å². The van der Waals surface area contributed by atoms with Crippen molar-refractivity contribution >= 4 is 23.5 Å². The summed E-state index contributed by atoms with van der Waals surface area (Å²) in [6.07, 6.45) is -0.0382. The second kappa shape index (κ2) is 7.91. The predicted molar refractivity (Wildman–Crippen MR) is 94.1 cm³/mol. The third kappa shape index (κ3) is 4.36. The van der Waals surface area contributed by atoms with Gasteiger partial charge in [0.2, 0.25) is 0 Å². The Morgan fingerprint density at radius 2 is 2.15 bits per heavy atom. The number of rotatable bonds is 4. The lowest BCUT2D eigenvalue weighted by Crippen LogP contribution is -2.54. The number of benzene rings is 1. The number of carboxylic acid groups (broad SMARTS) is 1. The molecule has 1 aromatic carbocycles. The van der Waals surface area contributed by atoms with Gasteiger partial charge in [-0.3, -0.25) is 0 Å². The SMILES string of the molecule is CC1CN(c2nc(OCc3ccc(Cl)cc3F)ncc2F)CCN1C(=O)O. The van der Waals surface area contributed by atoms with Crippen LogP contribution in [0.3, 0.4) is 0 Å². The minimum absolute atomic E-state index is 0.0217. The standard InChI is InChI=1S/C17H17ClF2N4O3/c1-10-8-23(4-5-24(10)17(25)26)15-14(20)7-21-16(22-15)27-9-11-2-3-12(18)6-13(11)19/h2-3,6-7,10H,4-5,8-9H2,1H3,(H,25,26). The van der Waals surface area contributed by atoms with Crippen LogP contribution >= 0.6 is 11.6 Å². The Bertz CT molecular complexity index is 855. The van der Waals surface area contributed by atoms with Crippen molar-refractivity contribution < 1.29 is 23.4 Å². The molecule has 1 saturated heterocycles. The molecule has 7 nitrogen and oxygen atoms in total. The maximum atomic E-state index is 14.2. The second-order valence-corrected chi connectivity index (χ2v) is 6.56. The number of halogens is 3. The molecule has 0 spiro atoms. The molecule has 1 atom stereocenters. The Morgan fingerprint density at radius 1 is 1.37 bits per heavy atom. The fourth-order valence-corrected chi connectivity index (χ4v) is 3.01. The first-order valence-corrected chi connectivity index (χ1v) is 8.56. The zero-order valence-electron chi connectivity index (χ0n) is 14.4. The van der Waals surface area contributed by atoms with Crippen molar-refractivity contribution in [3.63, 3.8) is 0 Å². The monoisotopic (exact) mass is 398 g/mol. The van der Waals surface area contributed by atoms with Gasteiger partial charge in [-0.05, 0) is 19.1 Å². The molecule has 0 saturated carbocycles. The zero-order valence-corrected chi connectivity index (χ0v) is 15.2. The van der Waals surface area contributed by atoms with Crippen LogP contribution in [-0.2, 0) is 6.61 Å². The van der Waals surface area contributed by atoms with E-state index in [0.29, 0.717) is 0 Å². The van der Waals surface area contributed by atoms with Gasteiger partial charge in [0.25, 0.3) is 0 Å². The van der Waals surface area contributed by atoms with E-state index in [2.05, 4.69) is 9.97 Å². The molecule has 0 bridgehead atoms. The van der Waals surface area contributed by atoms with Gasteiger partial charge < -0.3 is 19.6 Å². The summed E-state index contributed by atoms with van der Waals surface area (Å²) in [4.78, 5) is 21.9. The summed E-state index contributed by atoms with van der Waals surface area (Å²) >= 11 is 5.71. The molecule has 1 aromatic heterocycles. The van der Waals surface area contributed by atoms with E-state index < -0.39 is 17.7 Å². The lowest BCUT2D eigenvalue weighted by atomic mass is 10.2. The number of ether oxygens (including phenoxy) is 1. The Hall–Kier alpha value is -2.68. The van der Waals surface area contributed by atoms with Crippen LogP contribution in [0.15, 0.2) is 24.4 Å². The van der Waals surface area contributed by atoms with Crippen LogP contribution in [0.25, 0.3) is 0 Å². The molecule has 0 radical (unpaired) electrons. The minimum atomic E-state index is -1.01. The molecule has 1 aliphatic rings. The fourth-order valence-electron chi connectivity index (χ4n) is 2.85. The number of amides is 1. The third-order valence-corrected chi connectivity index (χ3v) is 4.48. The van der Waals surface area contributed by atoms with E-state index in [1.54, 1.807) is 11.8 Å². The van der Waals surface area contributed by atoms with Crippen LogP contribution in [0.1, 0.15) is 12.5 Å². The van der Waals surface area contributed by atoms with Crippen molar-refractivity contribution in [1.82, 2.24) is 14.9 Å². The largest absolute Gasteiger partial charge is 0.465 e. The number of nitrogens with zero attached hydrogens (tertiary/aromatic N) is 4. The second-order valence-electron chi connectivity index (χ2n) is 6.12. The van der Waals surface area contributed by atoms with Crippen molar-refractivity contribution in [3.8, 4) is 6.01 Å². The van der Waals surface area contributed by atoms with E-state index in [0.717, 1.165) is 6.20 Å². The van der Waals surface area contributed by atoms with Gasteiger partial charge in [0.15, 0.2) is 11.6 Å². The molecule has 27 heavy (non-hydrogen) atoms. The van der Waals surface area contributed by atoms with Gasteiger partial charge in [-0.2, -0.15) is 4.98 Å². The number of anilines is 1. The molecule has 1 fully saturated rings. The number of piperazine rings is 1. The summed E-state index contributed by atoms with van der Waals surface area (Å²) in [6.45, 7) is 2.39. The molecule has 10 heteroatoms. The number of hydrogen-bond donors (Lipinski definition) is 1. The smallest absolute Gasteiger partial charge is 0.407 e. The highest BCUT2D eigenvalue weighted by Gasteiger charge is 2.29. The first-order chi connectivity index (χ1) is 12.8. The average molecular weight is 399 g/mol. The zero-order chi connectivity index (χ0) is 19.6. The normalized spacial score (nSPS) is 17.1. The highest BCUT2D eigenvalue weighted by molar-refractivity contribution is 6.30. The molecule has 1 amide bonds. The predicted octanol–water partition coefficient (Wildman–Crippen LogP) is 3.18. The van der Waals surface area contributed by atoms with Gasteiger partial charge in [-0.25, -0.2) is 18.6 Å². The van der Waals surface area contributed by atoms with Crippen LogP contribution in [0.5, 0.6) is 6.01 Å². The quantitative estimate of drug-likeness (QED) is 0.852. The first-order valence-electron chi connectivity index (χ1n) is 8.19. The van der Waals surface area contributed by atoms with E-state index in [1.807, 2.05) is 0 Å². The summed E-state index contributed by atoms with van der Waals surface area (Å²) in [5.74, 6) is -1.15. The average Bonchev–Trinajstić information content (AvgIpc) is 2.61. The summed E-state index contributed by atoms with van der Waals surface area (Å²) in [5, 5.41) is 9.40. The van der Waals surface area contributed by atoms with Gasteiger partial charge in [0, 0.05) is 36.3 Å². The fraction of sp³-hybridized carbons (Fsp3) is 0.353. The highest BCUT2D eigenvalue weighted by Crippen LogP contribution is 2.23. The van der Waals surface area contributed by atoms with Crippen molar-refractivity contribution in [3.05, 3.63) is 46.6 Å². The summed E-state index contributed by atoms with van der Waals surface area (Å²) < 4.78 is 33.4. The molecule has 144 valence electrons. The molecule has 3 rings (SSSR count). The Labute approximate surface area is 159 Å². The van der Waals surface area contributed by atoms with Crippen molar-refractivity contribution in [2.45, 2.75) is 19.6 Å². The minimum Gasteiger partial charge on any atom is -0.465 e. The van der Waals surface area contributed by atoms with Gasteiger partial charge in [-0.15, -0.1) is 0 Å². The van der Waals surface area contributed by atoms with Gasteiger partial charge in [0.05, 0.1) is 6.20 Å². The van der Waals surface area contributed by atoms with Crippen LogP contribution in [-0.4, -0.2) is 51.7 Å². The molecule has 1 aliphatic heterocycles. The Morgan fingerprint density at radius 3 is 2.81 bits per heavy atom. The molecule has 0 aliphatic carbocycles. The number of carbonyl (C=O) groups is 1. The van der Waals surface area contributed by atoms with Crippen molar-refractivity contribution in [2.24, 2.45) is 0 Å². The van der Waals surface area contributed by atoms with E-state index in [-0.39, 0.29) is 54.7 Å². The van der Waals surface area contributed by atoms with E-state index in [4.69, 9.17) is 21.4 Å². The molecule has 2 aromatic rings.